The molecule has 4 nitrogen and oxygen atoms in total. The molecule has 1 aromatic carbocycles. The Hall–Kier alpha value is -1.81. The maximum atomic E-state index is 11.9. The van der Waals surface area contributed by atoms with Crippen LogP contribution in [-0.4, -0.2) is 22.4 Å². The maximum Gasteiger partial charge on any atom is 0.165 e. The van der Waals surface area contributed by atoms with Gasteiger partial charge in [0.15, 0.2) is 5.78 Å². The van der Waals surface area contributed by atoms with E-state index in [9.17, 15) is 4.79 Å². The second kappa shape index (κ2) is 7.27. The molecule has 1 saturated carbocycles. The Morgan fingerprint density at radius 1 is 1.29 bits per heavy atom. The van der Waals surface area contributed by atoms with Gasteiger partial charge in [0, 0.05) is 23.4 Å². The molecule has 0 atom stereocenters. The predicted molar refractivity (Wildman–Crippen MR) is 83.1 cm³/mol. The second-order valence-corrected chi connectivity index (χ2v) is 5.19. The number of imidazole rings is 1. The molecule has 0 aliphatic heterocycles. The minimum Gasteiger partial charge on any atom is -0.494 e. The third kappa shape index (κ3) is 4.33. The molecule has 1 heterocycles. The van der Waals surface area contributed by atoms with Gasteiger partial charge in [0.2, 0.25) is 0 Å². The van der Waals surface area contributed by atoms with Gasteiger partial charge in [-0.25, -0.2) is 4.98 Å². The average Bonchev–Trinajstić information content (AvgIpc) is 3.21. The number of hydrogen-bond acceptors (Lipinski definition) is 3. The molecule has 0 bridgehead atoms. The Kier molecular flexibility index (Phi) is 5.39. The predicted octanol–water partition coefficient (Wildman–Crippen LogP) is 3.44. The highest BCUT2D eigenvalue weighted by atomic mass is 35.5. The Morgan fingerprint density at radius 3 is 2.67 bits per heavy atom. The standard InChI is InChI=1S/C16H18N2O2.ClH/c19-16(12-3-4-12)13-5-7-15(8-6-13)20-9-1-2-14-10-17-11-18-14;/h5-8,10-12H,1-4,9H2,(H,17,18);1H. The van der Waals surface area contributed by atoms with Gasteiger partial charge in [0.25, 0.3) is 0 Å². The van der Waals surface area contributed by atoms with Gasteiger partial charge in [-0.05, 0) is 49.9 Å². The van der Waals surface area contributed by atoms with Gasteiger partial charge < -0.3 is 9.72 Å². The molecular weight excluding hydrogens is 288 g/mol. The van der Waals surface area contributed by atoms with Crippen LogP contribution in [0.2, 0.25) is 0 Å². The van der Waals surface area contributed by atoms with Crippen molar-refractivity contribution in [3.8, 4) is 5.75 Å². The first-order chi connectivity index (χ1) is 9.83. The summed E-state index contributed by atoms with van der Waals surface area (Å²) < 4.78 is 5.67. The molecule has 2 aromatic rings. The van der Waals surface area contributed by atoms with Crippen LogP contribution in [0.1, 0.15) is 35.3 Å². The van der Waals surface area contributed by atoms with E-state index in [1.807, 2.05) is 30.5 Å². The number of H-pyrrole nitrogens is 1. The molecular formula is C16H19ClN2O2. The quantitative estimate of drug-likeness (QED) is 0.630. The van der Waals surface area contributed by atoms with Crippen molar-refractivity contribution in [1.29, 1.82) is 0 Å². The fraction of sp³-hybridized carbons (Fsp3) is 0.375. The molecule has 0 saturated heterocycles. The molecule has 1 aromatic heterocycles. The highest BCUT2D eigenvalue weighted by Crippen LogP contribution is 2.32. The lowest BCUT2D eigenvalue weighted by molar-refractivity contribution is 0.0967. The smallest absolute Gasteiger partial charge is 0.165 e. The van der Waals surface area contributed by atoms with Gasteiger partial charge in [0.05, 0.1) is 12.9 Å². The van der Waals surface area contributed by atoms with Crippen molar-refractivity contribution in [2.24, 2.45) is 5.92 Å². The molecule has 0 radical (unpaired) electrons. The van der Waals surface area contributed by atoms with E-state index in [4.69, 9.17) is 4.74 Å². The van der Waals surface area contributed by atoms with Gasteiger partial charge in [0.1, 0.15) is 5.75 Å². The number of aryl methyl sites for hydroxylation is 1. The summed E-state index contributed by atoms with van der Waals surface area (Å²) in [6.07, 6.45) is 7.47. The van der Waals surface area contributed by atoms with Gasteiger partial charge in [-0.15, -0.1) is 12.4 Å². The molecule has 0 spiro atoms. The molecule has 0 unspecified atom stereocenters. The molecule has 0 amide bonds. The number of ether oxygens (including phenoxy) is 1. The third-order valence-electron chi connectivity index (χ3n) is 3.50. The number of benzene rings is 1. The van der Waals surface area contributed by atoms with Crippen LogP contribution in [0, 0.1) is 5.92 Å². The molecule has 1 N–H and O–H groups in total. The summed E-state index contributed by atoms with van der Waals surface area (Å²) in [5.74, 6) is 1.37. The highest BCUT2D eigenvalue weighted by molar-refractivity contribution is 5.99. The van der Waals surface area contributed by atoms with E-state index >= 15 is 0 Å². The van der Waals surface area contributed by atoms with E-state index in [0.29, 0.717) is 6.61 Å². The molecule has 1 aliphatic rings. The van der Waals surface area contributed by atoms with Crippen LogP contribution in [0.4, 0.5) is 0 Å². The van der Waals surface area contributed by atoms with Crippen LogP contribution in [0.25, 0.3) is 0 Å². The van der Waals surface area contributed by atoms with Crippen molar-refractivity contribution >= 4 is 18.2 Å². The van der Waals surface area contributed by atoms with Crippen molar-refractivity contribution in [1.82, 2.24) is 9.97 Å². The Bertz CT molecular complexity index is 562. The average molecular weight is 307 g/mol. The van der Waals surface area contributed by atoms with Crippen LogP contribution >= 0.6 is 12.4 Å². The van der Waals surface area contributed by atoms with E-state index in [1.165, 1.54) is 0 Å². The third-order valence-corrected chi connectivity index (χ3v) is 3.50. The van der Waals surface area contributed by atoms with Crippen molar-refractivity contribution in [2.45, 2.75) is 25.7 Å². The lowest BCUT2D eigenvalue weighted by Crippen LogP contribution is -2.02. The normalized spacial score (nSPS) is 13.5. The van der Waals surface area contributed by atoms with Crippen LogP contribution < -0.4 is 4.74 Å². The van der Waals surface area contributed by atoms with Gasteiger partial charge in [-0.1, -0.05) is 0 Å². The number of ketones is 1. The molecule has 1 aliphatic carbocycles. The van der Waals surface area contributed by atoms with Crippen molar-refractivity contribution < 1.29 is 9.53 Å². The van der Waals surface area contributed by atoms with E-state index in [0.717, 1.165) is 42.7 Å². The zero-order valence-electron chi connectivity index (χ0n) is 11.7. The number of carbonyl (C=O) groups excluding carboxylic acids is 1. The summed E-state index contributed by atoms with van der Waals surface area (Å²) in [5, 5.41) is 0. The Labute approximate surface area is 130 Å². The van der Waals surface area contributed by atoms with E-state index in [-0.39, 0.29) is 24.1 Å². The van der Waals surface area contributed by atoms with Crippen molar-refractivity contribution in [2.75, 3.05) is 6.61 Å². The highest BCUT2D eigenvalue weighted by Gasteiger charge is 2.30. The summed E-state index contributed by atoms with van der Waals surface area (Å²) in [7, 11) is 0. The fourth-order valence-corrected chi connectivity index (χ4v) is 2.17. The van der Waals surface area contributed by atoms with E-state index in [2.05, 4.69) is 9.97 Å². The fourth-order valence-electron chi connectivity index (χ4n) is 2.17. The summed E-state index contributed by atoms with van der Waals surface area (Å²) >= 11 is 0. The number of Topliss-reactive ketones (excluding diaryl/α,β-unsaturated/α-hetero) is 1. The lowest BCUT2D eigenvalue weighted by atomic mass is 10.1. The number of carbonyl (C=O) groups is 1. The molecule has 21 heavy (non-hydrogen) atoms. The van der Waals surface area contributed by atoms with E-state index < -0.39 is 0 Å². The SMILES string of the molecule is Cl.O=C(c1ccc(OCCCc2cnc[nH]2)cc1)C1CC1. The van der Waals surface area contributed by atoms with Crippen molar-refractivity contribution in [3.63, 3.8) is 0 Å². The minimum atomic E-state index is 0. The van der Waals surface area contributed by atoms with Crippen LogP contribution in [0.5, 0.6) is 5.75 Å². The second-order valence-electron chi connectivity index (χ2n) is 5.19. The molecule has 5 heteroatoms. The topological polar surface area (TPSA) is 55.0 Å². The summed E-state index contributed by atoms with van der Waals surface area (Å²) in [6.45, 7) is 0.662. The summed E-state index contributed by atoms with van der Waals surface area (Å²) in [5.41, 5.74) is 1.93. The van der Waals surface area contributed by atoms with Gasteiger partial charge >= 0.3 is 0 Å². The summed E-state index contributed by atoms with van der Waals surface area (Å²) in [4.78, 5) is 18.9. The van der Waals surface area contributed by atoms with Crippen LogP contribution in [0.15, 0.2) is 36.8 Å². The number of aromatic amines is 1. The molecule has 1 fully saturated rings. The van der Waals surface area contributed by atoms with E-state index in [1.54, 1.807) is 6.33 Å². The number of nitrogens with zero attached hydrogens (tertiary/aromatic N) is 1. The van der Waals surface area contributed by atoms with Crippen molar-refractivity contribution in [3.05, 3.63) is 48.0 Å². The van der Waals surface area contributed by atoms with Gasteiger partial charge in [-0.3, -0.25) is 4.79 Å². The molecule has 3 rings (SSSR count). The first-order valence-corrected chi connectivity index (χ1v) is 7.07. The lowest BCUT2D eigenvalue weighted by Gasteiger charge is -2.06. The molecule has 112 valence electrons. The Morgan fingerprint density at radius 2 is 2.05 bits per heavy atom. The largest absolute Gasteiger partial charge is 0.494 e. The zero-order valence-corrected chi connectivity index (χ0v) is 12.6. The number of aromatic nitrogens is 2. The number of hydrogen-bond donors (Lipinski definition) is 1. The first kappa shape index (κ1) is 15.6. The maximum absolute atomic E-state index is 11.9. The number of halogens is 1. The minimum absolute atomic E-state index is 0. The summed E-state index contributed by atoms with van der Waals surface area (Å²) in [6, 6.07) is 7.49. The first-order valence-electron chi connectivity index (χ1n) is 7.07. The monoisotopic (exact) mass is 306 g/mol. The van der Waals surface area contributed by atoms with Crippen LogP contribution in [0.3, 0.4) is 0 Å². The van der Waals surface area contributed by atoms with Crippen LogP contribution in [-0.2, 0) is 6.42 Å². The number of rotatable bonds is 7. The Balaban J connectivity index is 0.00000161. The van der Waals surface area contributed by atoms with Gasteiger partial charge in [-0.2, -0.15) is 0 Å². The number of nitrogens with one attached hydrogen (secondary N) is 1. The zero-order chi connectivity index (χ0) is 13.8.